The van der Waals surface area contributed by atoms with Crippen molar-refractivity contribution in [3.63, 3.8) is 0 Å². The van der Waals surface area contributed by atoms with Gasteiger partial charge in [0.2, 0.25) is 18.2 Å². The van der Waals surface area contributed by atoms with Crippen molar-refractivity contribution in [2.75, 3.05) is 44.4 Å². The monoisotopic (exact) mass is 774 g/mol. The fraction of sp³-hybridized carbons (Fsp3) is 0.359. The molecule has 54 heavy (non-hydrogen) atoms. The fourth-order valence-corrected chi connectivity index (χ4v) is 7.00. The summed E-state index contributed by atoms with van der Waals surface area (Å²) in [6.07, 6.45) is 4.80. The third kappa shape index (κ3) is 11.4. The first-order valence-corrected chi connectivity index (χ1v) is 18.9. The first kappa shape index (κ1) is 42.0. The first-order chi connectivity index (χ1) is 26.0. The number of rotatable bonds is 20. The highest BCUT2D eigenvalue weighted by Gasteiger charge is 2.28. The Morgan fingerprint density at radius 2 is 1.74 bits per heavy atom. The highest BCUT2D eigenvalue weighted by Crippen LogP contribution is 2.39. The first-order valence-electron chi connectivity index (χ1n) is 17.7. The molecule has 8 N–H and O–H groups in total. The van der Waals surface area contributed by atoms with Gasteiger partial charge in [-0.05, 0) is 91.9 Å². The molecule has 0 bridgehead atoms. The standard InChI is InChI=1S/C39H51ClN10O3S/c1-25-10-6-7-12-32(25)47-26(2)50(5)39(53)34(20-42)48-37(52)33(13-8-16-41)45-23-28-11-9-17-44-38(28)54-36-30(21-43-24-51)18-29(19-31(36)40)27-14-15-35(46-22-27)49(3)4/h6-7,9-12,14-15,17-19,22,24,26,33-34,45,47H,8,13,16,20-21,23,41-42H2,1-5H3,(H,43,51)(H,48,52)/t26?,33-,34-/m0/s1. The number of carbonyl (C=O) groups is 3. The van der Waals surface area contributed by atoms with Gasteiger partial charge in [-0.15, -0.1) is 0 Å². The van der Waals surface area contributed by atoms with Crippen LogP contribution in [0.1, 0.15) is 36.5 Å². The Hall–Kier alpha value is -4.73. The molecule has 0 aliphatic rings. The second kappa shape index (κ2) is 20.7. The van der Waals surface area contributed by atoms with Crippen molar-refractivity contribution in [3.8, 4) is 11.1 Å². The average Bonchev–Trinajstić information content (AvgIpc) is 3.17. The molecule has 0 radical (unpaired) electrons. The summed E-state index contributed by atoms with van der Waals surface area (Å²) in [5.74, 6) is 0.163. The minimum atomic E-state index is -0.930. The Kier molecular flexibility index (Phi) is 16.1. The van der Waals surface area contributed by atoms with Crippen molar-refractivity contribution in [2.45, 2.75) is 67.9 Å². The number of likely N-dealkylation sites (N-methyl/N-ethyl adjacent to an activating group) is 1. The molecule has 13 nitrogen and oxygen atoms in total. The van der Waals surface area contributed by atoms with Gasteiger partial charge < -0.3 is 42.5 Å². The minimum Gasteiger partial charge on any atom is -0.365 e. The van der Waals surface area contributed by atoms with Crippen LogP contribution in [-0.2, 0) is 27.5 Å². The molecule has 0 fully saturated rings. The van der Waals surface area contributed by atoms with E-state index in [0.29, 0.717) is 42.4 Å². The topological polar surface area (TPSA) is 184 Å². The fourth-order valence-electron chi connectivity index (χ4n) is 5.65. The number of nitrogens with zero attached hydrogens (tertiary/aromatic N) is 4. The maximum absolute atomic E-state index is 13.7. The molecule has 2 aromatic heterocycles. The molecule has 0 aliphatic carbocycles. The number of pyridine rings is 2. The van der Waals surface area contributed by atoms with Gasteiger partial charge in [-0.25, -0.2) is 9.97 Å². The quantitative estimate of drug-likeness (QED) is 0.0561. The number of carbonyl (C=O) groups excluding carboxylic acids is 3. The molecule has 15 heteroatoms. The maximum atomic E-state index is 13.7. The number of amides is 3. The van der Waals surface area contributed by atoms with Crippen LogP contribution < -0.4 is 37.6 Å². The van der Waals surface area contributed by atoms with Gasteiger partial charge in [-0.2, -0.15) is 0 Å². The second-order valence-electron chi connectivity index (χ2n) is 13.1. The third-order valence-electron chi connectivity index (χ3n) is 8.93. The van der Waals surface area contributed by atoms with E-state index in [2.05, 4.69) is 31.2 Å². The second-order valence-corrected chi connectivity index (χ2v) is 14.5. The van der Waals surface area contributed by atoms with Gasteiger partial charge in [0, 0.05) is 69.3 Å². The maximum Gasteiger partial charge on any atom is 0.247 e. The predicted octanol–water partition coefficient (Wildman–Crippen LogP) is 4.13. The van der Waals surface area contributed by atoms with Gasteiger partial charge in [0.1, 0.15) is 16.9 Å². The van der Waals surface area contributed by atoms with Gasteiger partial charge in [-0.3, -0.25) is 14.4 Å². The normalized spacial score (nSPS) is 12.7. The van der Waals surface area contributed by atoms with Gasteiger partial charge in [0.05, 0.1) is 17.2 Å². The Bertz CT molecular complexity index is 1860. The van der Waals surface area contributed by atoms with E-state index in [9.17, 15) is 14.4 Å². The number of halogens is 1. The molecule has 2 aromatic carbocycles. The van der Waals surface area contributed by atoms with Crippen LogP contribution in [0.15, 0.2) is 83.0 Å². The summed E-state index contributed by atoms with van der Waals surface area (Å²) < 4.78 is 0. The predicted molar refractivity (Wildman–Crippen MR) is 217 cm³/mol. The van der Waals surface area contributed by atoms with E-state index in [1.165, 1.54) is 11.8 Å². The Morgan fingerprint density at radius 3 is 2.41 bits per heavy atom. The molecule has 3 amide bonds. The summed E-state index contributed by atoms with van der Waals surface area (Å²) in [4.78, 5) is 51.9. The zero-order chi connectivity index (χ0) is 39.2. The number of para-hydroxylation sites is 1. The largest absolute Gasteiger partial charge is 0.365 e. The molecule has 2 heterocycles. The molecule has 0 saturated heterocycles. The Morgan fingerprint density at radius 1 is 0.963 bits per heavy atom. The number of aromatic nitrogens is 2. The van der Waals surface area contributed by atoms with Gasteiger partial charge in [0.25, 0.3) is 0 Å². The third-order valence-corrected chi connectivity index (χ3v) is 10.6. The van der Waals surface area contributed by atoms with E-state index in [4.69, 9.17) is 23.1 Å². The highest BCUT2D eigenvalue weighted by atomic mass is 35.5. The van der Waals surface area contributed by atoms with Crippen molar-refractivity contribution >= 4 is 53.1 Å². The lowest BCUT2D eigenvalue weighted by Gasteiger charge is -2.31. The summed E-state index contributed by atoms with van der Waals surface area (Å²) >= 11 is 8.31. The number of hydrogen-bond acceptors (Lipinski definition) is 11. The Balaban J connectivity index is 1.49. The Labute approximate surface area is 327 Å². The summed E-state index contributed by atoms with van der Waals surface area (Å²) in [7, 11) is 5.54. The number of anilines is 2. The van der Waals surface area contributed by atoms with Crippen molar-refractivity contribution in [3.05, 3.63) is 94.8 Å². The van der Waals surface area contributed by atoms with Crippen LogP contribution >= 0.6 is 23.4 Å². The van der Waals surface area contributed by atoms with Crippen LogP contribution in [0, 0.1) is 6.92 Å². The zero-order valence-corrected chi connectivity index (χ0v) is 33.0. The highest BCUT2D eigenvalue weighted by molar-refractivity contribution is 7.99. The van der Waals surface area contributed by atoms with E-state index in [0.717, 1.165) is 44.2 Å². The number of nitrogens with one attached hydrogen (secondary N) is 4. The molecule has 4 rings (SSSR count). The molecule has 0 aliphatic heterocycles. The van der Waals surface area contributed by atoms with E-state index in [-0.39, 0.29) is 31.1 Å². The van der Waals surface area contributed by atoms with E-state index in [1.807, 2.05) is 93.5 Å². The van der Waals surface area contributed by atoms with E-state index >= 15 is 0 Å². The van der Waals surface area contributed by atoms with Crippen molar-refractivity contribution in [2.24, 2.45) is 11.5 Å². The number of aryl methyl sites for hydroxylation is 1. The minimum absolute atomic E-state index is 0.0717. The van der Waals surface area contributed by atoms with Crippen LogP contribution in [0.2, 0.25) is 5.02 Å². The van der Waals surface area contributed by atoms with Gasteiger partial charge in [-0.1, -0.05) is 47.6 Å². The van der Waals surface area contributed by atoms with Crippen molar-refractivity contribution in [1.82, 2.24) is 30.8 Å². The molecule has 0 spiro atoms. The summed E-state index contributed by atoms with van der Waals surface area (Å²) in [5, 5.41) is 13.5. The van der Waals surface area contributed by atoms with Crippen LogP contribution in [0.3, 0.4) is 0 Å². The van der Waals surface area contributed by atoms with Gasteiger partial charge >= 0.3 is 0 Å². The number of hydrogen-bond donors (Lipinski definition) is 6. The van der Waals surface area contributed by atoms with Crippen LogP contribution in [0.25, 0.3) is 11.1 Å². The zero-order valence-electron chi connectivity index (χ0n) is 31.4. The summed E-state index contributed by atoms with van der Waals surface area (Å²) in [6.45, 7) is 4.73. The van der Waals surface area contributed by atoms with E-state index in [1.54, 1.807) is 24.3 Å². The summed E-state index contributed by atoms with van der Waals surface area (Å²) in [6, 6.07) is 17.7. The molecule has 4 aromatic rings. The SMILES string of the molecule is Cc1ccccc1NC(C)N(C)C(=O)[C@H](CN)NC(=O)[C@H](CCCN)NCc1cccnc1Sc1c(Cl)cc(-c2ccc(N(C)C)nc2)cc1CNC=O. The van der Waals surface area contributed by atoms with Crippen LogP contribution in [0.5, 0.6) is 0 Å². The molecular weight excluding hydrogens is 724 g/mol. The molecule has 3 atom stereocenters. The average molecular weight is 775 g/mol. The lowest BCUT2D eigenvalue weighted by atomic mass is 10.0. The lowest BCUT2D eigenvalue weighted by molar-refractivity contribution is -0.136. The number of nitrogens with two attached hydrogens (primary N) is 2. The molecule has 0 saturated carbocycles. The molecular formula is C39H51ClN10O3S. The van der Waals surface area contributed by atoms with Gasteiger partial charge in [0.15, 0.2) is 0 Å². The molecule has 1 unspecified atom stereocenters. The van der Waals surface area contributed by atoms with E-state index < -0.39 is 12.1 Å². The van der Waals surface area contributed by atoms with Crippen LogP contribution in [-0.4, -0.2) is 85.6 Å². The van der Waals surface area contributed by atoms with Crippen molar-refractivity contribution in [1.29, 1.82) is 0 Å². The van der Waals surface area contributed by atoms with Crippen LogP contribution in [0.4, 0.5) is 11.5 Å². The summed E-state index contributed by atoms with van der Waals surface area (Å²) in [5.41, 5.74) is 17.2. The molecule has 288 valence electrons. The van der Waals surface area contributed by atoms with Crippen molar-refractivity contribution < 1.29 is 14.4 Å². The smallest absolute Gasteiger partial charge is 0.247 e. The lowest BCUT2D eigenvalue weighted by Crippen LogP contribution is -2.57. The number of benzene rings is 2.